The van der Waals surface area contributed by atoms with E-state index in [1.54, 1.807) is 11.8 Å². The van der Waals surface area contributed by atoms with Gasteiger partial charge in [0.15, 0.2) is 0 Å². The fourth-order valence-electron chi connectivity index (χ4n) is 7.77. The maximum Gasteiger partial charge on any atom is 0.245 e. The molecule has 1 aliphatic carbocycles. The first-order valence-electron chi connectivity index (χ1n) is 19.6. The van der Waals surface area contributed by atoms with Crippen molar-refractivity contribution in [3.05, 3.63) is 0 Å². The third kappa shape index (κ3) is 12.4. The van der Waals surface area contributed by atoms with Gasteiger partial charge >= 0.3 is 0 Å². The van der Waals surface area contributed by atoms with Crippen molar-refractivity contribution in [3.8, 4) is 0 Å². The second-order valence-corrected chi connectivity index (χ2v) is 15.0. The van der Waals surface area contributed by atoms with Gasteiger partial charge in [-0.25, -0.2) is 0 Å². The van der Waals surface area contributed by atoms with Gasteiger partial charge in [0.1, 0.15) is 30.2 Å². The summed E-state index contributed by atoms with van der Waals surface area (Å²) >= 11 is 0. The molecule has 0 aromatic heterocycles. The molecule has 2 heterocycles. The number of aliphatic hydroxyl groups excluding tert-OH is 1. The molecule has 14 nitrogen and oxygen atoms in total. The number of nitrogens with two attached hydrogens (primary N) is 1. The number of nitrogens with zero attached hydrogens (tertiary/aromatic N) is 2. The Hall–Kier alpha value is -3.26. The Morgan fingerprint density at radius 2 is 1.37 bits per heavy atom. The minimum absolute atomic E-state index is 0.151. The van der Waals surface area contributed by atoms with Crippen molar-refractivity contribution in [1.82, 2.24) is 31.1 Å². The van der Waals surface area contributed by atoms with E-state index in [4.69, 9.17) is 5.73 Å². The lowest BCUT2D eigenvalue weighted by Crippen LogP contribution is -2.60. The molecule has 3 aliphatic rings. The van der Waals surface area contributed by atoms with Gasteiger partial charge in [-0.05, 0) is 90.0 Å². The monoisotopic (exact) mass is 719 g/mol. The van der Waals surface area contributed by atoms with Crippen molar-refractivity contribution in [3.63, 3.8) is 0 Å². The molecular weight excluding hydrogens is 654 g/mol. The molecule has 0 bridgehead atoms. The molecule has 3 fully saturated rings. The molecule has 0 radical (unpaired) electrons. The van der Waals surface area contributed by atoms with Crippen molar-refractivity contribution < 1.29 is 33.9 Å². The van der Waals surface area contributed by atoms with E-state index in [9.17, 15) is 33.9 Å². The number of unbranched alkanes of at least 4 members (excludes halogenated alkanes) is 1. The lowest BCUT2D eigenvalue weighted by molar-refractivity contribution is -0.147. The molecule has 0 spiro atoms. The third-order valence-electron chi connectivity index (χ3n) is 10.8. The van der Waals surface area contributed by atoms with E-state index >= 15 is 0 Å². The van der Waals surface area contributed by atoms with Crippen molar-refractivity contribution in [2.45, 2.75) is 160 Å². The van der Waals surface area contributed by atoms with Crippen LogP contribution in [-0.4, -0.2) is 113 Å². The molecule has 0 aromatic carbocycles. The van der Waals surface area contributed by atoms with Crippen molar-refractivity contribution in [2.24, 2.45) is 17.6 Å². The van der Waals surface area contributed by atoms with Gasteiger partial charge in [-0.15, -0.1) is 0 Å². The molecule has 2 saturated heterocycles. The van der Waals surface area contributed by atoms with Crippen LogP contribution in [0.15, 0.2) is 0 Å². The maximum absolute atomic E-state index is 14.1. The van der Waals surface area contributed by atoms with Crippen LogP contribution in [0.1, 0.15) is 124 Å². The van der Waals surface area contributed by atoms with Crippen molar-refractivity contribution in [1.29, 1.82) is 0 Å². The zero-order valence-electron chi connectivity index (χ0n) is 31.4. The number of amides is 6. The van der Waals surface area contributed by atoms with Gasteiger partial charge in [0.05, 0.1) is 6.10 Å². The average Bonchev–Trinajstić information content (AvgIpc) is 3.62. The van der Waals surface area contributed by atoms with E-state index in [2.05, 4.69) is 28.2 Å². The van der Waals surface area contributed by atoms with E-state index in [1.165, 1.54) is 31.1 Å². The number of likely N-dealkylation sites (tertiary alicyclic amines) is 2. The van der Waals surface area contributed by atoms with Gasteiger partial charge in [-0.2, -0.15) is 0 Å². The van der Waals surface area contributed by atoms with Crippen LogP contribution in [0.2, 0.25) is 0 Å². The van der Waals surface area contributed by atoms with E-state index < -0.39 is 59.9 Å². The maximum atomic E-state index is 14.1. The van der Waals surface area contributed by atoms with Crippen LogP contribution >= 0.6 is 0 Å². The van der Waals surface area contributed by atoms with Gasteiger partial charge in [-0.1, -0.05) is 46.0 Å². The molecule has 7 N–H and O–H groups in total. The first kappa shape index (κ1) is 42.2. The molecule has 2 aliphatic heterocycles. The number of carbonyl (C=O) groups is 6. The lowest BCUT2D eigenvalue weighted by Gasteiger charge is -2.38. The standard InChI is InChI=1S/C37H65N7O7/c1-5-20-39-35(49)32(26(4)45)42-34(48)30-18-13-22-43(30)36(50)25(3)40-33(47)29-17-10-12-21-44(29)37(51)28(16-9-11-19-38)41-31(46)23-24(2)27-14-7-6-8-15-27/h24-30,32,45H,5-23,38H2,1-4H3,(H,39,49)(H,40,47)(H,41,46)(H,42,48)/t24-,25-,26+,28-,29-,30-,32-/m0/s1. The summed E-state index contributed by atoms with van der Waals surface area (Å²) in [4.78, 5) is 83.5. The summed E-state index contributed by atoms with van der Waals surface area (Å²) < 4.78 is 0. The topological polar surface area (TPSA) is 203 Å². The Kier molecular flexibility index (Phi) is 17.6. The van der Waals surface area contributed by atoms with Crippen LogP contribution < -0.4 is 27.0 Å². The van der Waals surface area contributed by atoms with Crippen LogP contribution in [0.3, 0.4) is 0 Å². The van der Waals surface area contributed by atoms with Crippen LogP contribution in [0, 0.1) is 11.8 Å². The molecule has 3 rings (SSSR count). The SMILES string of the molecule is CCCNC(=O)[C@@H](NC(=O)[C@@H]1CCCN1C(=O)[C@H](C)NC(=O)[C@@H]1CCCCN1C(=O)[C@H](CCCCN)NC(=O)C[C@H](C)C1CCCCC1)[C@@H](C)O. The summed E-state index contributed by atoms with van der Waals surface area (Å²) in [6.07, 6.45) is 10.4. The molecule has 290 valence electrons. The first-order valence-corrected chi connectivity index (χ1v) is 19.6. The molecule has 1 saturated carbocycles. The summed E-state index contributed by atoms with van der Waals surface area (Å²) in [5.74, 6) is -1.65. The Morgan fingerprint density at radius 1 is 0.765 bits per heavy atom. The van der Waals surface area contributed by atoms with Crippen molar-refractivity contribution in [2.75, 3.05) is 26.2 Å². The molecule has 7 atom stereocenters. The van der Waals surface area contributed by atoms with Crippen molar-refractivity contribution >= 4 is 35.4 Å². The smallest absolute Gasteiger partial charge is 0.245 e. The first-order chi connectivity index (χ1) is 24.4. The highest BCUT2D eigenvalue weighted by Gasteiger charge is 2.41. The fourth-order valence-corrected chi connectivity index (χ4v) is 7.77. The number of carbonyl (C=O) groups excluding carboxylic acids is 6. The van der Waals surface area contributed by atoms with Crippen LogP contribution in [0.25, 0.3) is 0 Å². The van der Waals surface area contributed by atoms with E-state index in [0.717, 1.165) is 25.7 Å². The number of hydrogen-bond acceptors (Lipinski definition) is 8. The number of nitrogens with one attached hydrogen (secondary N) is 4. The summed E-state index contributed by atoms with van der Waals surface area (Å²) in [6.45, 7) is 8.53. The number of piperidine rings is 1. The highest BCUT2D eigenvalue weighted by molar-refractivity contribution is 5.96. The summed E-state index contributed by atoms with van der Waals surface area (Å²) in [7, 11) is 0. The van der Waals surface area contributed by atoms with E-state index in [0.29, 0.717) is 83.5 Å². The second kappa shape index (κ2) is 21.3. The predicted octanol–water partition coefficient (Wildman–Crippen LogP) is 1.48. The molecule has 0 unspecified atom stereocenters. The second-order valence-electron chi connectivity index (χ2n) is 15.0. The van der Waals surface area contributed by atoms with Gasteiger partial charge in [0, 0.05) is 26.1 Å². The Labute approximate surface area is 304 Å². The Morgan fingerprint density at radius 3 is 2.02 bits per heavy atom. The molecule has 51 heavy (non-hydrogen) atoms. The van der Waals surface area contributed by atoms with E-state index in [-0.39, 0.29) is 17.7 Å². The van der Waals surface area contributed by atoms with Gasteiger partial charge < -0.3 is 41.9 Å². The highest BCUT2D eigenvalue weighted by atomic mass is 16.3. The summed E-state index contributed by atoms with van der Waals surface area (Å²) in [6, 6.07) is -4.58. The summed E-state index contributed by atoms with van der Waals surface area (Å²) in [5, 5.41) is 21.3. The lowest BCUT2D eigenvalue weighted by atomic mass is 9.79. The third-order valence-corrected chi connectivity index (χ3v) is 10.8. The molecular formula is C37H65N7O7. The summed E-state index contributed by atoms with van der Waals surface area (Å²) in [5.41, 5.74) is 5.73. The number of aliphatic hydroxyl groups is 1. The number of rotatable bonds is 18. The highest BCUT2D eigenvalue weighted by Crippen LogP contribution is 2.31. The minimum atomic E-state index is -1.17. The number of hydrogen-bond donors (Lipinski definition) is 6. The fraction of sp³-hybridized carbons (Fsp3) is 0.838. The van der Waals surface area contributed by atoms with Gasteiger partial charge in [0.25, 0.3) is 0 Å². The molecule has 0 aromatic rings. The quantitative estimate of drug-likeness (QED) is 0.114. The van der Waals surface area contributed by atoms with Gasteiger partial charge in [-0.3, -0.25) is 28.8 Å². The Bertz CT molecular complexity index is 1180. The Balaban J connectivity index is 1.65. The normalized spacial score (nSPS) is 22.6. The largest absolute Gasteiger partial charge is 0.391 e. The van der Waals surface area contributed by atoms with Crippen LogP contribution in [0.4, 0.5) is 0 Å². The zero-order chi connectivity index (χ0) is 37.5. The van der Waals surface area contributed by atoms with Crippen LogP contribution in [-0.2, 0) is 28.8 Å². The zero-order valence-corrected chi connectivity index (χ0v) is 31.4. The molecule has 6 amide bonds. The minimum Gasteiger partial charge on any atom is -0.391 e. The average molecular weight is 720 g/mol. The van der Waals surface area contributed by atoms with E-state index in [1.807, 2.05) is 6.92 Å². The predicted molar refractivity (Wildman–Crippen MR) is 194 cm³/mol. The van der Waals surface area contributed by atoms with Gasteiger partial charge in [0.2, 0.25) is 35.4 Å². The van der Waals surface area contributed by atoms with Crippen LogP contribution in [0.5, 0.6) is 0 Å². The molecule has 14 heteroatoms.